The predicted octanol–water partition coefficient (Wildman–Crippen LogP) is 2.15. The summed E-state index contributed by atoms with van der Waals surface area (Å²) in [5.74, 6) is -1.76. The van der Waals surface area contributed by atoms with Gasteiger partial charge in [-0.1, -0.05) is 12.1 Å². The molecule has 0 atom stereocenters. The van der Waals surface area contributed by atoms with Gasteiger partial charge in [-0.25, -0.2) is 4.79 Å². The van der Waals surface area contributed by atoms with E-state index < -0.39 is 30.2 Å². The molecule has 0 fully saturated rings. The normalized spacial score (nSPS) is 11.9. The molecule has 5 nitrogen and oxygen atoms in total. The van der Waals surface area contributed by atoms with Gasteiger partial charge < -0.3 is 15.2 Å². The molecule has 0 aliphatic carbocycles. The van der Waals surface area contributed by atoms with Crippen molar-refractivity contribution in [3.05, 3.63) is 29.8 Å². The highest BCUT2D eigenvalue weighted by atomic mass is 19.4. The second-order valence-electron chi connectivity index (χ2n) is 5.21. The van der Waals surface area contributed by atoms with Crippen molar-refractivity contribution >= 4 is 11.9 Å². The van der Waals surface area contributed by atoms with E-state index in [0.29, 0.717) is 5.56 Å². The molecule has 0 radical (unpaired) electrons. The van der Waals surface area contributed by atoms with E-state index in [0.717, 1.165) is 0 Å². The molecule has 0 saturated carbocycles. The molecule has 22 heavy (non-hydrogen) atoms. The number of alkyl halides is 3. The van der Waals surface area contributed by atoms with Crippen LogP contribution in [-0.4, -0.2) is 35.3 Å². The zero-order chi connectivity index (χ0) is 17.0. The summed E-state index contributed by atoms with van der Waals surface area (Å²) in [7, 11) is 0. The fourth-order valence-electron chi connectivity index (χ4n) is 1.54. The van der Waals surface area contributed by atoms with Crippen molar-refractivity contribution in [3.63, 3.8) is 0 Å². The molecule has 0 heterocycles. The van der Waals surface area contributed by atoms with Gasteiger partial charge in [-0.2, -0.15) is 13.2 Å². The second kappa shape index (κ2) is 6.67. The first kappa shape index (κ1) is 17.8. The van der Waals surface area contributed by atoms with Crippen LogP contribution in [0.3, 0.4) is 0 Å². The zero-order valence-electron chi connectivity index (χ0n) is 12.0. The maximum Gasteiger partial charge on any atom is 0.422 e. The topological polar surface area (TPSA) is 75.6 Å². The summed E-state index contributed by atoms with van der Waals surface area (Å²) in [5, 5.41) is 11.2. The number of hydrogen-bond acceptors (Lipinski definition) is 3. The number of amides is 1. The summed E-state index contributed by atoms with van der Waals surface area (Å²) < 4.78 is 40.8. The largest absolute Gasteiger partial charge is 0.484 e. The summed E-state index contributed by atoms with van der Waals surface area (Å²) in [5.41, 5.74) is -1.01. The Morgan fingerprint density at radius 1 is 1.27 bits per heavy atom. The standard InChI is InChI=1S/C14H16F3NO4/c1-13(2,12(20)21)18-11(19)7-9-4-3-5-10(6-9)22-8-14(15,16)17/h3-6H,7-8H2,1-2H3,(H,18,19)(H,20,21). The Morgan fingerprint density at radius 3 is 2.45 bits per heavy atom. The van der Waals surface area contributed by atoms with Crippen molar-refractivity contribution in [3.8, 4) is 5.75 Å². The summed E-state index contributed by atoms with van der Waals surface area (Å²) in [6.45, 7) is 1.24. The Hall–Kier alpha value is -2.25. The third-order valence-electron chi connectivity index (χ3n) is 2.65. The number of benzene rings is 1. The molecule has 122 valence electrons. The van der Waals surface area contributed by atoms with E-state index in [9.17, 15) is 22.8 Å². The fraction of sp³-hybridized carbons (Fsp3) is 0.429. The molecular weight excluding hydrogens is 303 g/mol. The third kappa shape index (κ3) is 6.02. The molecule has 1 aromatic carbocycles. The molecular formula is C14H16F3NO4. The molecule has 1 aromatic rings. The van der Waals surface area contributed by atoms with E-state index in [1.807, 2.05) is 0 Å². The van der Waals surface area contributed by atoms with Crippen molar-refractivity contribution < 1.29 is 32.6 Å². The molecule has 1 amide bonds. The lowest BCUT2D eigenvalue weighted by molar-refractivity contribution is -0.153. The SMILES string of the molecule is CC(C)(NC(=O)Cc1cccc(OCC(F)(F)F)c1)C(=O)O. The molecule has 0 bridgehead atoms. The van der Waals surface area contributed by atoms with Gasteiger partial charge in [0.15, 0.2) is 6.61 Å². The molecule has 0 spiro atoms. The fourth-order valence-corrected chi connectivity index (χ4v) is 1.54. The second-order valence-corrected chi connectivity index (χ2v) is 5.21. The van der Waals surface area contributed by atoms with Crippen LogP contribution < -0.4 is 10.1 Å². The number of rotatable bonds is 6. The molecule has 0 aromatic heterocycles. The van der Waals surface area contributed by atoms with Gasteiger partial charge in [0.05, 0.1) is 6.42 Å². The van der Waals surface area contributed by atoms with Crippen molar-refractivity contribution in [2.75, 3.05) is 6.61 Å². The number of carboxylic acid groups (broad SMARTS) is 1. The van der Waals surface area contributed by atoms with E-state index >= 15 is 0 Å². The average Bonchev–Trinajstić information content (AvgIpc) is 2.35. The van der Waals surface area contributed by atoms with Gasteiger partial charge in [-0.05, 0) is 31.5 Å². The smallest absolute Gasteiger partial charge is 0.422 e. The molecule has 0 aliphatic heterocycles. The number of carbonyl (C=O) groups excluding carboxylic acids is 1. The van der Waals surface area contributed by atoms with Crippen LogP contribution in [0.2, 0.25) is 0 Å². The molecule has 0 unspecified atom stereocenters. The number of carbonyl (C=O) groups is 2. The molecule has 8 heteroatoms. The number of hydrogen-bond donors (Lipinski definition) is 2. The Kier molecular flexibility index (Phi) is 5.40. The van der Waals surface area contributed by atoms with Crippen molar-refractivity contribution in [2.24, 2.45) is 0 Å². The Morgan fingerprint density at radius 2 is 1.91 bits per heavy atom. The monoisotopic (exact) mass is 319 g/mol. The quantitative estimate of drug-likeness (QED) is 0.842. The molecule has 2 N–H and O–H groups in total. The molecule has 1 rings (SSSR count). The van der Waals surface area contributed by atoms with Crippen LogP contribution in [0.25, 0.3) is 0 Å². The Bertz CT molecular complexity index is 555. The van der Waals surface area contributed by atoms with Crippen LogP contribution in [-0.2, 0) is 16.0 Å². The first-order valence-corrected chi connectivity index (χ1v) is 6.32. The predicted molar refractivity (Wildman–Crippen MR) is 71.6 cm³/mol. The first-order chi connectivity index (χ1) is 9.99. The maximum absolute atomic E-state index is 12.1. The van der Waals surface area contributed by atoms with Crippen molar-refractivity contribution in [1.29, 1.82) is 0 Å². The van der Waals surface area contributed by atoms with Crippen LogP contribution in [0, 0.1) is 0 Å². The van der Waals surface area contributed by atoms with Gasteiger partial charge in [0, 0.05) is 0 Å². The van der Waals surface area contributed by atoms with E-state index in [1.165, 1.54) is 38.1 Å². The van der Waals surface area contributed by atoms with Gasteiger partial charge in [-0.3, -0.25) is 4.79 Å². The van der Waals surface area contributed by atoms with Gasteiger partial charge in [-0.15, -0.1) is 0 Å². The number of aliphatic carboxylic acids is 1. The van der Waals surface area contributed by atoms with Crippen LogP contribution >= 0.6 is 0 Å². The third-order valence-corrected chi connectivity index (χ3v) is 2.65. The number of carboxylic acids is 1. The van der Waals surface area contributed by atoms with Crippen LogP contribution in [0.5, 0.6) is 5.75 Å². The minimum atomic E-state index is -4.45. The minimum Gasteiger partial charge on any atom is -0.484 e. The summed E-state index contributed by atoms with van der Waals surface area (Å²) in [6, 6.07) is 5.64. The average molecular weight is 319 g/mol. The number of nitrogens with one attached hydrogen (secondary N) is 1. The lowest BCUT2D eigenvalue weighted by atomic mass is 10.0. The van der Waals surface area contributed by atoms with Crippen LogP contribution in [0.1, 0.15) is 19.4 Å². The summed E-state index contributed by atoms with van der Waals surface area (Å²) in [6.07, 6.45) is -4.61. The van der Waals surface area contributed by atoms with E-state index in [-0.39, 0.29) is 12.2 Å². The van der Waals surface area contributed by atoms with Crippen molar-refractivity contribution in [2.45, 2.75) is 32.0 Å². The summed E-state index contributed by atoms with van der Waals surface area (Å²) in [4.78, 5) is 22.7. The highest BCUT2D eigenvalue weighted by Gasteiger charge is 2.29. The minimum absolute atomic E-state index is 0.0138. The highest BCUT2D eigenvalue weighted by molar-refractivity contribution is 5.87. The van der Waals surface area contributed by atoms with Crippen LogP contribution in [0.4, 0.5) is 13.2 Å². The number of ether oxygens (including phenoxy) is 1. The van der Waals surface area contributed by atoms with Gasteiger partial charge in [0.2, 0.25) is 5.91 Å². The highest BCUT2D eigenvalue weighted by Crippen LogP contribution is 2.19. The van der Waals surface area contributed by atoms with E-state index in [4.69, 9.17) is 5.11 Å². The van der Waals surface area contributed by atoms with Crippen molar-refractivity contribution in [1.82, 2.24) is 5.32 Å². The Balaban J connectivity index is 2.67. The first-order valence-electron chi connectivity index (χ1n) is 6.32. The van der Waals surface area contributed by atoms with Crippen LogP contribution in [0.15, 0.2) is 24.3 Å². The van der Waals surface area contributed by atoms with E-state index in [2.05, 4.69) is 10.1 Å². The number of halogens is 3. The molecule has 0 aliphatic rings. The molecule has 0 saturated heterocycles. The van der Waals surface area contributed by atoms with Gasteiger partial charge >= 0.3 is 12.1 Å². The van der Waals surface area contributed by atoms with E-state index in [1.54, 1.807) is 0 Å². The Labute approximate surface area is 125 Å². The zero-order valence-corrected chi connectivity index (χ0v) is 12.0. The lowest BCUT2D eigenvalue weighted by Gasteiger charge is -2.21. The maximum atomic E-state index is 12.1. The van der Waals surface area contributed by atoms with Gasteiger partial charge in [0.25, 0.3) is 0 Å². The summed E-state index contributed by atoms with van der Waals surface area (Å²) >= 11 is 0. The van der Waals surface area contributed by atoms with Gasteiger partial charge in [0.1, 0.15) is 11.3 Å². The lowest BCUT2D eigenvalue weighted by Crippen LogP contribution is -2.50.